The second-order valence-corrected chi connectivity index (χ2v) is 1.63. The Bertz CT molecular complexity index is 35.4. The molecule has 0 atom stereocenters. The van der Waals surface area contributed by atoms with Crippen LogP contribution in [0, 0.1) is 0 Å². The van der Waals surface area contributed by atoms with Gasteiger partial charge in [0.25, 0.3) is 0 Å². The van der Waals surface area contributed by atoms with E-state index in [0.717, 1.165) is 0 Å². The lowest BCUT2D eigenvalue weighted by Crippen LogP contribution is -2.01. The van der Waals surface area contributed by atoms with Crippen LogP contribution >= 0.6 is 12.6 Å². The van der Waals surface area contributed by atoms with E-state index in [2.05, 4.69) is 12.6 Å². The summed E-state index contributed by atoms with van der Waals surface area (Å²) in [7, 11) is 0. The van der Waals surface area contributed by atoms with E-state index in [4.69, 9.17) is 9.47 Å². The molecule has 0 aromatic carbocycles. The fourth-order valence-electron chi connectivity index (χ4n) is 0.260. The summed E-state index contributed by atoms with van der Waals surface area (Å²) in [6.07, 6.45) is 0. The average Bonchev–Trinajstić information content (AvgIpc) is 1.81. The van der Waals surface area contributed by atoms with E-state index in [1.54, 1.807) is 0 Å². The van der Waals surface area contributed by atoms with Crippen LogP contribution in [0.4, 0.5) is 0 Å². The zero-order valence-electron chi connectivity index (χ0n) is 5.05. The van der Waals surface area contributed by atoms with Crippen LogP contribution in [0.1, 0.15) is 6.92 Å². The van der Waals surface area contributed by atoms with Gasteiger partial charge < -0.3 is 9.47 Å². The first-order chi connectivity index (χ1) is 3.91. The topological polar surface area (TPSA) is 18.5 Å². The van der Waals surface area contributed by atoms with Crippen molar-refractivity contribution in [3.63, 3.8) is 0 Å². The summed E-state index contributed by atoms with van der Waals surface area (Å²) in [6.45, 7) is 3.64. The van der Waals surface area contributed by atoms with E-state index in [1.165, 1.54) is 0 Å². The van der Waals surface area contributed by atoms with Crippen molar-refractivity contribution >= 4 is 12.6 Å². The maximum Gasteiger partial charge on any atom is 0.146 e. The highest BCUT2D eigenvalue weighted by Crippen LogP contribution is 1.78. The van der Waals surface area contributed by atoms with Gasteiger partial charge in [0.15, 0.2) is 0 Å². The second-order valence-electron chi connectivity index (χ2n) is 1.22. The number of hydrogen-bond acceptors (Lipinski definition) is 2. The monoisotopic (exact) mass is 135 g/mol. The fraction of sp³-hybridized carbons (Fsp3) is 1.00. The van der Waals surface area contributed by atoms with Crippen molar-refractivity contribution in [3.05, 3.63) is 0 Å². The normalized spacial score (nSPS) is 9.75. The molecule has 0 aliphatic carbocycles. The Morgan fingerprint density at radius 3 is 2.62 bits per heavy atom. The molecule has 0 aliphatic heterocycles. The van der Waals surface area contributed by atoms with Crippen molar-refractivity contribution in [3.8, 4) is 0 Å². The molecular formula is C5H11O2S. The summed E-state index contributed by atoms with van der Waals surface area (Å²) < 4.78 is 9.76. The molecular weight excluding hydrogens is 124 g/mol. The summed E-state index contributed by atoms with van der Waals surface area (Å²) in [6, 6.07) is 0. The molecule has 0 N–H and O–H groups in total. The van der Waals surface area contributed by atoms with Gasteiger partial charge in [-0.1, -0.05) is 12.6 Å². The van der Waals surface area contributed by atoms with Crippen LogP contribution in [0.15, 0.2) is 0 Å². The first-order valence-electron chi connectivity index (χ1n) is 2.65. The molecule has 0 aromatic rings. The van der Waals surface area contributed by atoms with Crippen LogP contribution in [0.25, 0.3) is 0 Å². The lowest BCUT2D eigenvalue weighted by Gasteiger charge is -1.99. The molecule has 1 radical (unpaired) electrons. The van der Waals surface area contributed by atoms with Crippen molar-refractivity contribution < 1.29 is 9.47 Å². The quantitative estimate of drug-likeness (QED) is 0.416. The van der Waals surface area contributed by atoms with Gasteiger partial charge in [0.2, 0.25) is 0 Å². The Morgan fingerprint density at radius 2 is 2.12 bits per heavy atom. The SMILES string of the molecule is CCOCOCC[S]. The summed E-state index contributed by atoms with van der Waals surface area (Å²) >= 11 is 4.62. The van der Waals surface area contributed by atoms with E-state index < -0.39 is 0 Å². The fourth-order valence-corrected chi connectivity index (χ4v) is 0.378. The van der Waals surface area contributed by atoms with Gasteiger partial charge in [-0.05, 0) is 6.92 Å². The van der Waals surface area contributed by atoms with E-state index in [0.29, 0.717) is 25.8 Å². The molecule has 2 nitrogen and oxygen atoms in total. The molecule has 0 bridgehead atoms. The largest absolute Gasteiger partial charge is 0.356 e. The zero-order valence-corrected chi connectivity index (χ0v) is 5.87. The van der Waals surface area contributed by atoms with Gasteiger partial charge in [0, 0.05) is 12.4 Å². The van der Waals surface area contributed by atoms with Crippen molar-refractivity contribution in [1.82, 2.24) is 0 Å². The third-order valence-electron chi connectivity index (χ3n) is 0.598. The van der Waals surface area contributed by atoms with E-state index in [9.17, 15) is 0 Å². The maximum absolute atomic E-state index is 4.90. The smallest absolute Gasteiger partial charge is 0.146 e. The average molecular weight is 135 g/mol. The van der Waals surface area contributed by atoms with E-state index in [-0.39, 0.29) is 0 Å². The Hall–Kier alpha value is 0.270. The number of hydrogen-bond donors (Lipinski definition) is 0. The predicted octanol–water partition coefficient (Wildman–Crippen LogP) is 1.19. The summed E-state index contributed by atoms with van der Waals surface area (Å²) in [5, 5.41) is 0. The third kappa shape index (κ3) is 6.27. The van der Waals surface area contributed by atoms with Gasteiger partial charge >= 0.3 is 0 Å². The highest BCUT2D eigenvalue weighted by atomic mass is 32.1. The Morgan fingerprint density at radius 1 is 1.38 bits per heavy atom. The first-order valence-corrected chi connectivity index (χ1v) is 3.23. The van der Waals surface area contributed by atoms with Crippen molar-refractivity contribution in [2.75, 3.05) is 25.8 Å². The van der Waals surface area contributed by atoms with E-state index in [1.807, 2.05) is 6.92 Å². The minimum absolute atomic E-state index is 0.382. The van der Waals surface area contributed by atoms with Gasteiger partial charge in [0.1, 0.15) is 6.79 Å². The van der Waals surface area contributed by atoms with Crippen molar-refractivity contribution in [2.45, 2.75) is 6.92 Å². The van der Waals surface area contributed by atoms with Crippen molar-refractivity contribution in [2.24, 2.45) is 0 Å². The molecule has 8 heavy (non-hydrogen) atoms. The molecule has 0 saturated carbocycles. The molecule has 0 fully saturated rings. The number of ether oxygens (including phenoxy) is 2. The summed E-state index contributed by atoms with van der Waals surface area (Å²) in [5.41, 5.74) is 0. The third-order valence-corrected chi connectivity index (χ3v) is 0.765. The predicted molar refractivity (Wildman–Crippen MR) is 34.9 cm³/mol. The van der Waals surface area contributed by atoms with Crippen LogP contribution in [-0.2, 0) is 9.47 Å². The summed E-state index contributed by atoms with van der Waals surface area (Å²) in [5.74, 6) is 0.646. The molecule has 0 saturated heterocycles. The Labute approximate surface area is 55.6 Å². The highest BCUT2D eigenvalue weighted by molar-refractivity contribution is 7.80. The zero-order chi connectivity index (χ0) is 6.24. The second kappa shape index (κ2) is 7.27. The molecule has 0 spiro atoms. The van der Waals surface area contributed by atoms with Crippen LogP contribution in [-0.4, -0.2) is 25.8 Å². The lowest BCUT2D eigenvalue weighted by molar-refractivity contribution is -0.0435. The number of rotatable bonds is 5. The molecule has 3 heteroatoms. The standard InChI is InChI=1S/C5H11O2S/c1-2-6-5-7-3-4-8/h2-5H2,1H3. The summed E-state index contributed by atoms with van der Waals surface area (Å²) in [4.78, 5) is 0. The van der Waals surface area contributed by atoms with Gasteiger partial charge in [-0.25, -0.2) is 0 Å². The molecule has 0 amide bonds. The van der Waals surface area contributed by atoms with Crippen molar-refractivity contribution in [1.29, 1.82) is 0 Å². The Balaban J connectivity index is 2.53. The molecule has 49 valence electrons. The van der Waals surface area contributed by atoms with Crippen LogP contribution in [0.2, 0.25) is 0 Å². The molecule has 0 unspecified atom stereocenters. The van der Waals surface area contributed by atoms with Gasteiger partial charge in [-0.2, -0.15) is 0 Å². The molecule has 0 aliphatic rings. The van der Waals surface area contributed by atoms with E-state index >= 15 is 0 Å². The molecule has 0 rings (SSSR count). The molecule has 0 aromatic heterocycles. The first kappa shape index (κ1) is 8.27. The van der Waals surface area contributed by atoms with Gasteiger partial charge in [0.05, 0.1) is 6.61 Å². The van der Waals surface area contributed by atoms with Crippen LogP contribution < -0.4 is 0 Å². The Kier molecular flexibility index (Phi) is 7.52. The van der Waals surface area contributed by atoms with Gasteiger partial charge in [-0.3, -0.25) is 0 Å². The van der Waals surface area contributed by atoms with Gasteiger partial charge in [-0.15, -0.1) is 0 Å². The van der Waals surface area contributed by atoms with Crippen LogP contribution in [0.5, 0.6) is 0 Å². The minimum atomic E-state index is 0.382. The lowest BCUT2D eigenvalue weighted by atomic mass is 10.8. The molecule has 0 heterocycles. The maximum atomic E-state index is 4.90. The van der Waals surface area contributed by atoms with Crippen LogP contribution in [0.3, 0.4) is 0 Å². The highest BCUT2D eigenvalue weighted by Gasteiger charge is 1.81. The minimum Gasteiger partial charge on any atom is -0.356 e.